The normalized spacial score (nSPS) is 16.9. The van der Waals surface area contributed by atoms with Gasteiger partial charge in [-0.3, -0.25) is 9.89 Å². The van der Waals surface area contributed by atoms with Gasteiger partial charge in [0.05, 0.1) is 18.3 Å². The molecule has 7 heteroatoms. The quantitative estimate of drug-likeness (QED) is 0.312. The molecular formula is C23H36IN5O. The summed E-state index contributed by atoms with van der Waals surface area (Å²) in [4.78, 5) is 9.16. The molecule has 1 aliphatic heterocycles. The van der Waals surface area contributed by atoms with E-state index in [0.717, 1.165) is 37.9 Å². The largest absolute Gasteiger partial charge is 0.468 e. The van der Waals surface area contributed by atoms with Crippen molar-refractivity contribution in [2.24, 2.45) is 4.99 Å². The Kier molecular flexibility index (Phi) is 10.1. The Morgan fingerprint density at radius 3 is 2.33 bits per heavy atom. The van der Waals surface area contributed by atoms with Crippen LogP contribution in [0.2, 0.25) is 0 Å². The molecule has 2 heterocycles. The van der Waals surface area contributed by atoms with Crippen molar-refractivity contribution in [2.45, 2.75) is 31.8 Å². The van der Waals surface area contributed by atoms with Gasteiger partial charge in [-0.2, -0.15) is 0 Å². The highest BCUT2D eigenvalue weighted by atomic mass is 127. The number of aryl methyl sites for hydroxylation is 1. The molecule has 1 fully saturated rings. The minimum absolute atomic E-state index is 0. The van der Waals surface area contributed by atoms with E-state index in [2.05, 4.69) is 76.8 Å². The number of hydrogen-bond donors (Lipinski definition) is 2. The van der Waals surface area contributed by atoms with E-state index in [1.54, 1.807) is 6.26 Å². The van der Waals surface area contributed by atoms with E-state index >= 15 is 0 Å². The summed E-state index contributed by atoms with van der Waals surface area (Å²) in [5.41, 5.74) is 2.58. The van der Waals surface area contributed by atoms with Crippen molar-refractivity contribution in [3.63, 3.8) is 0 Å². The smallest absolute Gasteiger partial charge is 0.191 e. The molecule has 3 rings (SSSR count). The molecule has 2 N–H and O–H groups in total. The first kappa shape index (κ1) is 24.7. The maximum Gasteiger partial charge on any atom is 0.191 e. The lowest BCUT2D eigenvalue weighted by atomic mass is 10.0. The number of aliphatic imine (C=N–C) groups is 1. The molecule has 0 aliphatic carbocycles. The summed E-state index contributed by atoms with van der Waals surface area (Å²) in [6, 6.07) is 13.3. The van der Waals surface area contributed by atoms with Gasteiger partial charge >= 0.3 is 0 Å². The monoisotopic (exact) mass is 525 g/mol. The zero-order valence-electron chi connectivity index (χ0n) is 18.6. The molecule has 1 aromatic heterocycles. The van der Waals surface area contributed by atoms with Crippen LogP contribution in [0.25, 0.3) is 0 Å². The first-order valence-corrected chi connectivity index (χ1v) is 10.5. The van der Waals surface area contributed by atoms with Crippen LogP contribution in [-0.4, -0.2) is 63.1 Å². The fraction of sp³-hybridized carbons (Fsp3) is 0.522. The predicted molar refractivity (Wildman–Crippen MR) is 135 cm³/mol. The van der Waals surface area contributed by atoms with Crippen LogP contribution in [0.3, 0.4) is 0 Å². The summed E-state index contributed by atoms with van der Waals surface area (Å²) in [5.74, 6) is 1.83. The number of nitrogens with one attached hydrogen (secondary N) is 2. The van der Waals surface area contributed by atoms with Crippen LogP contribution in [0.15, 0.2) is 52.1 Å². The summed E-state index contributed by atoms with van der Waals surface area (Å²) < 4.78 is 5.72. The van der Waals surface area contributed by atoms with Gasteiger partial charge in [0.2, 0.25) is 0 Å². The molecule has 30 heavy (non-hydrogen) atoms. The minimum Gasteiger partial charge on any atom is -0.468 e. The zero-order valence-corrected chi connectivity index (χ0v) is 20.9. The molecule has 6 nitrogen and oxygen atoms in total. The van der Waals surface area contributed by atoms with Crippen molar-refractivity contribution in [2.75, 3.05) is 47.3 Å². The third-order valence-corrected chi connectivity index (χ3v) is 5.69. The highest BCUT2D eigenvalue weighted by Crippen LogP contribution is 2.25. The number of nitrogens with zero attached hydrogens (tertiary/aromatic N) is 3. The number of benzene rings is 1. The Labute approximate surface area is 198 Å². The molecule has 1 aromatic carbocycles. The topological polar surface area (TPSA) is 56.0 Å². The van der Waals surface area contributed by atoms with Gasteiger partial charge in [-0.05, 0) is 64.6 Å². The number of hydrogen-bond acceptors (Lipinski definition) is 4. The second kappa shape index (κ2) is 12.3. The number of likely N-dealkylation sites (tertiary alicyclic amines) is 1. The van der Waals surface area contributed by atoms with Gasteiger partial charge in [-0.25, -0.2) is 0 Å². The Morgan fingerprint density at radius 2 is 1.77 bits per heavy atom. The van der Waals surface area contributed by atoms with Crippen LogP contribution in [0.1, 0.15) is 41.8 Å². The molecule has 2 unspecified atom stereocenters. The van der Waals surface area contributed by atoms with Crippen molar-refractivity contribution < 1.29 is 4.42 Å². The first-order valence-electron chi connectivity index (χ1n) is 10.5. The summed E-state index contributed by atoms with van der Waals surface area (Å²) in [6.45, 7) is 5.91. The summed E-state index contributed by atoms with van der Waals surface area (Å²) in [7, 11) is 6.05. The minimum atomic E-state index is 0. The van der Waals surface area contributed by atoms with Crippen LogP contribution in [0, 0.1) is 6.92 Å². The number of likely N-dealkylation sites (N-methyl/N-ethyl adjacent to an activating group) is 1. The summed E-state index contributed by atoms with van der Waals surface area (Å²) in [5, 5.41) is 7.01. The maximum absolute atomic E-state index is 5.72. The van der Waals surface area contributed by atoms with Gasteiger partial charge in [-0.15, -0.1) is 24.0 Å². The number of furan rings is 1. The van der Waals surface area contributed by atoms with Crippen molar-refractivity contribution in [1.82, 2.24) is 20.4 Å². The van der Waals surface area contributed by atoms with Gasteiger partial charge in [0.25, 0.3) is 0 Å². The first-order chi connectivity index (χ1) is 14.1. The lowest BCUT2D eigenvalue weighted by Crippen LogP contribution is -2.45. The molecule has 2 atom stereocenters. The SMILES string of the molecule is CN=C(NCC(c1ccc(C)cc1)N(C)C)NCC(c1ccco1)N1CCCC1.I. The van der Waals surface area contributed by atoms with E-state index in [-0.39, 0.29) is 36.1 Å². The fourth-order valence-electron chi connectivity index (χ4n) is 3.94. The highest BCUT2D eigenvalue weighted by Gasteiger charge is 2.25. The average Bonchev–Trinajstić information content (AvgIpc) is 3.42. The van der Waals surface area contributed by atoms with E-state index in [9.17, 15) is 0 Å². The Morgan fingerprint density at radius 1 is 1.10 bits per heavy atom. The van der Waals surface area contributed by atoms with Gasteiger partial charge in [-0.1, -0.05) is 29.8 Å². The molecule has 1 saturated heterocycles. The van der Waals surface area contributed by atoms with Gasteiger partial charge in [0.15, 0.2) is 5.96 Å². The Balaban J connectivity index is 0.00000320. The second-order valence-electron chi connectivity index (χ2n) is 8.00. The second-order valence-corrected chi connectivity index (χ2v) is 8.00. The molecule has 2 aromatic rings. The van der Waals surface area contributed by atoms with Crippen molar-refractivity contribution in [3.05, 3.63) is 59.5 Å². The summed E-state index contributed by atoms with van der Waals surface area (Å²) in [6.07, 6.45) is 4.27. The number of halogens is 1. The van der Waals surface area contributed by atoms with Gasteiger partial charge in [0, 0.05) is 20.1 Å². The molecule has 166 valence electrons. The Hall–Kier alpha value is -1.58. The van der Waals surface area contributed by atoms with E-state index in [1.165, 1.54) is 24.0 Å². The van der Waals surface area contributed by atoms with Crippen molar-refractivity contribution >= 4 is 29.9 Å². The lowest BCUT2D eigenvalue weighted by Gasteiger charge is -2.28. The van der Waals surface area contributed by atoms with Crippen LogP contribution < -0.4 is 10.6 Å². The number of rotatable bonds is 8. The lowest BCUT2D eigenvalue weighted by molar-refractivity contribution is 0.215. The van der Waals surface area contributed by atoms with Crippen molar-refractivity contribution in [1.29, 1.82) is 0 Å². The van der Waals surface area contributed by atoms with Gasteiger partial charge in [0.1, 0.15) is 5.76 Å². The molecule has 0 radical (unpaired) electrons. The standard InChI is InChI=1S/C23H35N5O.HI/c1-18-9-11-19(12-10-18)20(27(3)4)16-25-23(24-2)26-17-21(22-8-7-15-29-22)28-13-5-6-14-28;/h7-12,15,20-21H,5-6,13-14,16-17H2,1-4H3,(H2,24,25,26);1H. The molecular weight excluding hydrogens is 489 g/mol. The fourth-order valence-corrected chi connectivity index (χ4v) is 3.94. The molecule has 0 saturated carbocycles. The average molecular weight is 525 g/mol. The molecule has 0 spiro atoms. The molecule has 0 amide bonds. The van der Waals surface area contributed by atoms with Crippen LogP contribution in [0.5, 0.6) is 0 Å². The van der Waals surface area contributed by atoms with Gasteiger partial charge < -0.3 is 20.0 Å². The highest BCUT2D eigenvalue weighted by molar-refractivity contribution is 14.0. The van der Waals surface area contributed by atoms with E-state index < -0.39 is 0 Å². The maximum atomic E-state index is 5.72. The van der Waals surface area contributed by atoms with E-state index in [0.29, 0.717) is 0 Å². The summed E-state index contributed by atoms with van der Waals surface area (Å²) >= 11 is 0. The zero-order chi connectivity index (χ0) is 20.6. The van der Waals surface area contributed by atoms with Crippen LogP contribution in [-0.2, 0) is 0 Å². The van der Waals surface area contributed by atoms with Crippen LogP contribution in [0.4, 0.5) is 0 Å². The Bertz CT molecular complexity index is 754. The predicted octanol–water partition coefficient (Wildman–Crippen LogP) is 3.81. The third kappa shape index (κ3) is 6.72. The van der Waals surface area contributed by atoms with E-state index in [1.807, 2.05) is 13.1 Å². The third-order valence-electron chi connectivity index (χ3n) is 5.69. The van der Waals surface area contributed by atoms with Crippen molar-refractivity contribution in [3.8, 4) is 0 Å². The number of guanidine groups is 1. The molecule has 0 bridgehead atoms. The van der Waals surface area contributed by atoms with Crippen LogP contribution >= 0.6 is 24.0 Å². The van der Waals surface area contributed by atoms with E-state index in [4.69, 9.17) is 4.42 Å². The molecule has 1 aliphatic rings.